The number of hydrogen-bond donors (Lipinski definition) is 2. The average Bonchev–Trinajstić information content (AvgIpc) is 2.82. The summed E-state index contributed by atoms with van der Waals surface area (Å²) >= 11 is 3.50. The van der Waals surface area contributed by atoms with Crippen molar-refractivity contribution in [1.29, 1.82) is 0 Å². The normalized spacial score (nSPS) is 10.8. The molecule has 3 rings (SSSR count). The minimum absolute atomic E-state index is 0.682. The summed E-state index contributed by atoms with van der Waals surface area (Å²) in [6.07, 6.45) is 3.39. The molecular weight excluding hydrogens is 306 g/mol. The van der Waals surface area contributed by atoms with Crippen LogP contribution in [0.3, 0.4) is 0 Å². The molecule has 0 unspecified atom stereocenters. The summed E-state index contributed by atoms with van der Waals surface area (Å²) in [6, 6.07) is 5.95. The van der Waals surface area contributed by atoms with Gasteiger partial charge in [0.25, 0.3) is 0 Å². The maximum atomic E-state index is 4.30. The topological polar surface area (TPSA) is 66.5 Å². The lowest BCUT2D eigenvalue weighted by Crippen LogP contribution is -2.03. The molecule has 0 aliphatic heterocycles. The number of fused-ring (bicyclic) bond motifs is 1. The fourth-order valence-corrected chi connectivity index (χ4v) is 2.39. The van der Waals surface area contributed by atoms with Crippen LogP contribution in [0.15, 0.2) is 35.2 Å². The highest BCUT2D eigenvalue weighted by molar-refractivity contribution is 9.10. The number of anilines is 1. The first kappa shape index (κ1) is 12.1. The van der Waals surface area contributed by atoms with Gasteiger partial charge >= 0.3 is 0 Å². The Kier molecular flexibility index (Phi) is 3.16. The molecule has 0 radical (unpaired) electrons. The molecule has 5 nitrogen and oxygen atoms in total. The van der Waals surface area contributed by atoms with Gasteiger partial charge in [0.2, 0.25) is 0 Å². The number of aromatic amines is 1. The third-order valence-electron chi connectivity index (χ3n) is 3.00. The van der Waals surface area contributed by atoms with Crippen LogP contribution in [-0.4, -0.2) is 20.2 Å². The van der Waals surface area contributed by atoms with Crippen molar-refractivity contribution in [2.45, 2.75) is 13.5 Å². The predicted molar refractivity (Wildman–Crippen MR) is 77.9 cm³/mol. The summed E-state index contributed by atoms with van der Waals surface area (Å²) < 4.78 is 0.968. The first-order valence-electron chi connectivity index (χ1n) is 5.87. The van der Waals surface area contributed by atoms with E-state index < -0.39 is 0 Å². The monoisotopic (exact) mass is 317 g/mol. The average molecular weight is 318 g/mol. The van der Waals surface area contributed by atoms with E-state index in [0.29, 0.717) is 6.54 Å². The van der Waals surface area contributed by atoms with Gasteiger partial charge in [0, 0.05) is 27.7 Å². The van der Waals surface area contributed by atoms with Gasteiger partial charge in [0.15, 0.2) is 0 Å². The molecule has 0 amide bonds. The lowest BCUT2D eigenvalue weighted by molar-refractivity contribution is 1.04. The van der Waals surface area contributed by atoms with Crippen molar-refractivity contribution in [2.24, 2.45) is 0 Å². The van der Waals surface area contributed by atoms with Crippen molar-refractivity contribution in [3.63, 3.8) is 0 Å². The van der Waals surface area contributed by atoms with Crippen LogP contribution >= 0.6 is 15.9 Å². The molecular formula is C13H12BrN5. The summed E-state index contributed by atoms with van der Waals surface area (Å²) in [5.74, 6) is 0.826. The van der Waals surface area contributed by atoms with E-state index in [4.69, 9.17) is 0 Å². The predicted octanol–water partition coefficient (Wildman–Crippen LogP) is 3.04. The van der Waals surface area contributed by atoms with Crippen molar-refractivity contribution in [2.75, 3.05) is 5.32 Å². The van der Waals surface area contributed by atoms with Gasteiger partial charge in [0.05, 0.1) is 11.7 Å². The van der Waals surface area contributed by atoms with E-state index >= 15 is 0 Å². The van der Waals surface area contributed by atoms with Crippen LogP contribution in [0.1, 0.15) is 11.3 Å². The second-order valence-corrected chi connectivity index (χ2v) is 5.09. The summed E-state index contributed by atoms with van der Waals surface area (Å²) in [5, 5.41) is 11.3. The molecule has 1 aromatic carbocycles. The maximum Gasteiger partial charge on any atom is 0.137 e. The highest BCUT2D eigenvalue weighted by atomic mass is 79.9. The Hall–Kier alpha value is -1.95. The number of nitrogens with one attached hydrogen (secondary N) is 2. The lowest BCUT2D eigenvalue weighted by Gasteiger charge is -2.08. The molecule has 0 saturated heterocycles. The highest BCUT2D eigenvalue weighted by Crippen LogP contribution is 2.25. The number of rotatable bonds is 3. The Labute approximate surface area is 118 Å². The number of H-pyrrole nitrogens is 1. The van der Waals surface area contributed by atoms with E-state index in [1.807, 2.05) is 31.3 Å². The van der Waals surface area contributed by atoms with Gasteiger partial charge in [-0.25, -0.2) is 9.97 Å². The first-order chi connectivity index (χ1) is 9.25. The van der Waals surface area contributed by atoms with Gasteiger partial charge < -0.3 is 5.32 Å². The third-order valence-corrected chi connectivity index (χ3v) is 3.64. The van der Waals surface area contributed by atoms with Crippen LogP contribution in [0.4, 0.5) is 5.82 Å². The zero-order valence-electron chi connectivity index (χ0n) is 10.3. The SMILES string of the molecule is Cc1[nH]ncc1CNc1ncnc2c(Br)cccc12. The van der Waals surface area contributed by atoms with Crippen molar-refractivity contribution >= 4 is 32.7 Å². The third kappa shape index (κ3) is 2.31. The first-order valence-corrected chi connectivity index (χ1v) is 6.67. The van der Waals surface area contributed by atoms with Gasteiger partial charge in [-0.05, 0) is 35.0 Å². The molecule has 19 heavy (non-hydrogen) atoms. The van der Waals surface area contributed by atoms with Crippen molar-refractivity contribution in [1.82, 2.24) is 20.2 Å². The number of aryl methyl sites for hydroxylation is 1. The minimum atomic E-state index is 0.682. The molecule has 6 heteroatoms. The lowest BCUT2D eigenvalue weighted by atomic mass is 10.2. The van der Waals surface area contributed by atoms with E-state index in [-0.39, 0.29) is 0 Å². The smallest absolute Gasteiger partial charge is 0.137 e. The molecule has 0 saturated carbocycles. The molecule has 2 heterocycles. The molecule has 2 N–H and O–H groups in total. The Bertz CT molecular complexity index is 722. The van der Waals surface area contributed by atoms with Crippen molar-refractivity contribution in [3.8, 4) is 0 Å². The highest BCUT2D eigenvalue weighted by Gasteiger charge is 2.06. The van der Waals surface area contributed by atoms with E-state index in [9.17, 15) is 0 Å². The van der Waals surface area contributed by atoms with Crippen molar-refractivity contribution < 1.29 is 0 Å². The number of aromatic nitrogens is 4. The number of nitrogens with zero attached hydrogens (tertiary/aromatic N) is 3. The zero-order chi connectivity index (χ0) is 13.2. The maximum absolute atomic E-state index is 4.30. The molecule has 0 aliphatic carbocycles. The quantitative estimate of drug-likeness (QED) is 0.779. The Morgan fingerprint density at radius 2 is 2.21 bits per heavy atom. The molecule has 0 atom stereocenters. The van der Waals surface area contributed by atoms with Gasteiger partial charge in [-0.1, -0.05) is 6.07 Å². The van der Waals surface area contributed by atoms with E-state index in [2.05, 4.69) is 41.4 Å². The molecule has 96 valence electrons. The summed E-state index contributed by atoms with van der Waals surface area (Å²) in [4.78, 5) is 8.59. The van der Waals surface area contributed by atoms with Gasteiger partial charge in [-0.15, -0.1) is 0 Å². The summed E-state index contributed by atoms with van der Waals surface area (Å²) in [6.45, 7) is 2.68. The fraction of sp³-hybridized carbons (Fsp3) is 0.154. The molecule has 0 spiro atoms. The van der Waals surface area contributed by atoms with E-state index in [1.54, 1.807) is 6.33 Å². The molecule has 0 bridgehead atoms. The van der Waals surface area contributed by atoms with Gasteiger partial charge in [-0.2, -0.15) is 5.10 Å². The van der Waals surface area contributed by atoms with Crippen LogP contribution in [-0.2, 0) is 6.54 Å². The minimum Gasteiger partial charge on any atom is -0.365 e. The van der Waals surface area contributed by atoms with E-state index in [1.165, 1.54) is 0 Å². The van der Waals surface area contributed by atoms with Crippen LogP contribution in [0.2, 0.25) is 0 Å². The standard InChI is InChI=1S/C13H12BrN5/c1-8-9(6-18-19-8)5-15-13-10-3-2-4-11(14)12(10)16-7-17-13/h2-4,6-7H,5H2,1H3,(H,18,19)(H,15,16,17). The van der Waals surface area contributed by atoms with Gasteiger partial charge in [-0.3, -0.25) is 5.10 Å². The van der Waals surface area contributed by atoms with Crippen LogP contribution in [0, 0.1) is 6.92 Å². The Morgan fingerprint density at radius 3 is 3.00 bits per heavy atom. The second-order valence-electron chi connectivity index (χ2n) is 4.23. The molecule has 0 aliphatic rings. The number of para-hydroxylation sites is 1. The molecule has 3 aromatic rings. The van der Waals surface area contributed by atoms with Crippen LogP contribution in [0.25, 0.3) is 10.9 Å². The second kappa shape index (κ2) is 4.97. The van der Waals surface area contributed by atoms with Crippen LogP contribution < -0.4 is 5.32 Å². The molecule has 2 aromatic heterocycles. The zero-order valence-corrected chi connectivity index (χ0v) is 11.9. The summed E-state index contributed by atoms with van der Waals surface area (Å²) in [7, 11) is 0. The van der Waals surface area contributed by atoms with Crippen LogP contribution in [0.5, 0.6) is 0 Å². The van der Waals surface area contributed by atoms with Crippen molar-refractivity contribution in [3.05, 3.63) is 46.5 Å². The number of halogens is 1. The molecule has 0 fully saturated rings. The number of benzene rings is 1. The largest absolute Gasteiger partial charge is 0.365 e. The number of hydrogen-bond acceptors (Lipinski definition) is 4. The Balaban J connectivity index is 1.93. The van der Waals surface area contributed by atoms with Gasteiger partial charge in [0.1, 0.15) is 12.1 Å². The van der Waals surface area contributed by atoms with E-state index in [0.717, 1.165) is 32.5 Å². The fourth-order valence-electron chi connectivity index (χ4n) is 1.93. The Morgan fingerprint density at radius 1 is 1.32 bits per heavy atom. The summed E-state index contributed by atoms with van der Waals surface area (Å²) in [5.41, 5.74) is 3.10.